The van der Waals surface area contributed by atoms with Gasteiger partial charge in [-0.3, -0.25) is 4.79 Å². The second kappa shape index (κ2) is 8.35. The van der Waals surface area contributed by atoms with E-state index in [1.807, 2.05) is 43.0 Å². The van der Waals surface area contributed by atoms with Gasteiger partial charge in [0.25, 0.3) is 5.91 Å². The first-order valence-electron chi connectivity index (χ1n) is 9.19. The molecule has 2 N–H and O–H groups in total. The maximum atomic E-state index is 12.8. The molecule has 0 radical (unpaired) electrons. The lowest BCUT2D eigenvalue weighted by atomic mass is 10.1. The molecule has 1 aromatic carbocycles. The van der Waals surface area contributed by atoms with Crippen LogP contribution in [0.2, 0.25) is 0 Å². The van der Waals surface area contributed by atoms with E-state index in [0.717, 1.165) is 24.9 Å². The monoisotopic (exact) mass is 370 g/mol. The minimum atomic E-state index is -0.00680. The Hall–Kier alpha value is -2.67. The summed E-state index contributed by atoms with van der Waals surface area (Å²) in [4.78, 5) is 23.1. The quantitative estimate of drug-likeness (QED) is 0.841. The van der Waals surface area contributed by atoms with Crippen LogP contribution in [0.15, 0.2) is 30.3 Å². The predicted molar refractivity (Wildman–Crippen MR) is 104 cm³/mol. The van der Waals surface area contributed by atoms with Crippen LogP contribution in [-0.2, 0) is 4.74 Å². The van der Waals surface area contributed by atoms with Gasteiger partial charge in [0.2, 0.25) is 11.8 Å². The Bertz CT molecular complexity index is 792. The Morgan fingerprint density at radius 1 is 1.30 bits per heavy atom. The van der Waals surface area contributed by atoms with Crippen LogP contribution in [0.5, 0.6) is 5.88 Å². The standard InChI is InChI=1S/C20H26N4O3/c1-13(2)27-18-11-17(22-20(21)23-18)14-6-8-15(9-7-14)19(25)24-10-4-5-16(24)12-26-3/h6-9,11,13,16H,4-5,10,12H2,1-3H3,(H2,21,22,23)/t16-/m0/s1. The maximum absolute atomic E-state index is 12.8. The van der Waals surface area contributed by atoms with Gasteiger partial charge >= 0.3 is 0 Å². The molecule has 27 heavy (non-hydrogen) atoms. The van der Waals surface area contributed by atoms with Crippen molar-refractivity contribution in [3.05, 3.63) is 35.9 Å². The van der Waals surface area contributed by atoms with Crippen LogP contribution in [0, 0.1) is 0 Å². The summed E-state index contributed by atoms with van der Waals surface area (Å²) >= 11 is 0. The smallest absolute Gasteiger partial charge is 0.254 e. The fraction of sp³-hybridized carbons (Fsp3) is 0.450. The lowest BCUT2D eigenvalue weighted by Crippen LogP contribution is -2.38. The number of methoxy groups -OCH3 is 1. The normalized spacial score (nSPS) is 16.7. The van der Waals surface area contributed by atoms with Gasteiger partial charge in [-0.05, 0) is 38.8 Å². The van der Waals surface area contributed by atoms with Gasteiger partial charge < -0.3 is 20.1 Å². The third-order valence-corrected chi connectivity index (χ3v) is 4.50. The second-order valence-corrected chi connectivity index (χ2v) is 6.94. The van der Waals surface area contributed by atoms with Crippen LogP contribution >= 0.6 is 0 Å². The molecule has 3 rings (SSSR count). The summed E-state index contributed by atoms with van der Waals surface area (Å²) in [6.45, 7) is 5.19. The molecule has 1 aromatic heterocycles. The molecule has 0 bridgehead atoms. The average molecular weight is 370 g/mol. The second-order valence-electron chi connectivity index (χ2n) is 6.94. The highest BCUT2D eigenvalue weighted by atomic mass is 16.5. The Morgan fingerprint density at radius 2 is 2.04 bits per heavy atom. The van der Waals surface area contributed by atoms with E-state index < -0.39 is 0 Å². The average Bonchev–Trinajstić information content (AvgIpc) is 3.09. The van der Waals surface area contributed by atoms with Crippen molar-refractivity contribution in [1.82, 2.24) is 14.9 Å². The van der Waals surface area contributed by atoms with Crippen LogP contribution in [0.4, 0.5) is 5.95 Å². The molecule has 144 valence electrons. The number of anilines is 1. The fourth-order valence-corrected chi connectivity index (χ4v) is 3.31. The lowest BCUT2D eigenvalue weighted by molar-refractivity contribution is 0.0630. The number of likely N-dealkylation sites (tertiary alicyclic amines) is 1. The van der Waals surface area contributed by atoms with Crippen molar-refractivity contribution in [2.24, 2.45) is 0 Å². The molecule has 0 spiro atoms. The van der Waals surface area contributed by atoms with Crippen LogP contribution in [-0.4, -0.2) is 53.2 Å². The third-order valence-electron chi connectivity index (χ3n) is 4.50. The molecule has 2 aromatic rings. The third kappa shape index (κ3) is 4.54. The van der Waals surface area contributed by atoms with Gasteiger partial charge in [0.1, 0.15) is 0 Å². The molecular weight excluding hydrogens is 344 g/mol. The lowest BCUT2D eigenvalue weighted by Gasteiger charge is -2.24. The molecule has 0 saturated carbocycles. The molecule has 1 fully saturated rings. The zero-order chi connectivity index (χ0) is 19.4. The van der Waals surface area contributed by atoms with Crippen molar-refractivity contribution in [3.63, 3.8) is 0 Å². The minimum absolute atomic E-state index is 0.00680. The number of carbonyl (C=O) groups excluding carboxylic acids is 1. The zero-order valence-corrected chi connectivity index (χ0v) is 16.0. The van der Waals surface area contributed by atoms with Crippen molar-refractivity contribution in [2.45, 2.75) is 38.8 Å². The SMILES string of the molecule is COC[C@@H]1CCCN1C(=O)c1ccc(-c2cc(OC(C)C)nc(N)n2)cc1. The summed E-state index contributed by atoms with van der Waals surface area (Å²) < 4.78 is 10.9. The molecule has 0 unspecified atom stereocenters. The summed E-state index contributed by atoms with van der Waals surface area (Å²) in [5.74, 6) is 0.627. The summed E-state index contributed by atoms with van der Waals surface area (Å²) in [7, 11) is 1.67. The summed E-state index contributed by atoms with van der Waals surface area (Å²) in [6, 6.07) is 9.29. The Kier molecular flexibility index (Phi) is 5.91. The molecule has 1 aliphatic heterocycles. The summed E-state index contributed by atoms with van der Waals surface area (Å²) in [5.41, 5.74) is 7.97. The van der Waals surface area contributed by atoms with Gasteiger partial charge in [0.15, 0.2) is 0 Å². The highest BCUT2D eigenvalue weighted by Crippen LogP contribution is 2.25. The molecule has 1 amide bonds. The molecule has 7 nitrogen and oxygen atoms in total. The van der Waals surface area contributed by atoms with Crippen molar-refractivity contribution < 1.29 is 14.3 Å². The number of benzene rings is 1. The first-order valence-corrected chi connectivity index (χ1v) is 9.19. The van der Waals surface area contributed by atoms with E-state index in [4.69, 9.17) is 15.2 Å². The summed E-state index contributed by atoms with van der Waals surface area (Å²) in [6.07, 6.45) is 1.99. The van der Waals surface area contributed by atoms with Crippen LogP contribution in [0.1, 0.15) is 37.0 Å². The molecule has 0 aliphatic carbocycles. The van der Waals surface area contributed by atoms with Gasteiger partial charge in [0.05, 0.1) is 24.4 Å². The van der Waals surface area contributed by atoms with E-state index in [9.17, 15) is 4.79 Å². The van der Waals surface area contributed by atoms with E-state index in [1.165, 1.54) is 0 Å². The van der Waals surface area contributed by atoms with Crippen molar-refractivity contribution in [3.8, 4) is 17.1 Å². The number of nitrogens with zero attached hydrogens (tertiary/aromatic N) is 3. The largest absolute Gasteiger partial charge is 0.475 e. The minimum Gasteiger partial charge on any atom is -0.475 e. The molecule has 1 saturated heterocycles. The van der Waals surface area contributed by atoms with E-state index in [1.54, 1.807) is 13.2 Å². The molecule has 1 aliphatic rings. The predicted octanol–water partition coefficient (Wildman–Crippen LogP) is 2.76. The molecule has 1 atom stereocenters. The Labute approximate surface area is 159 Å². The van der Waals surface area contributed by atoms with Crippen LogP contribution in [0.25, 0.3) is 11.3 Å². The van der Waals surface area contributed by atoms with E-state index in [2.05, 4.69) is 9.97 Å². The fourth-order valence-electron chi connectivity index (χ4n) is 3.31. The number of rotatable bonds is 6. The number of hydrogen-bond acceptors (Lipinski definition) is 6. The van der Waals surface area contributed by atoms with Gasteiger partial charge in [-0.1, -0.05) is 12.1 Å². The first-order chi connectivity index (χ1) is 13.0. The van der Waals surface area contributed by atoms with Gasteiger partial charge in [0, 0.05) is 30.8 Å². The van der Waals surface area contributed by atoms with Gasteiger partial charge in [-0.25, -0.2) is 4.98 Å². The highest BCUT2D eigenvalue weighted by Gasteiger charge is 2.29. The number of aromatic nitrogens is 2. The maximum Gasteiger partial charge on any atom is 0.254 e. The van der Waals surface area contributed by atoms with Crippen LogP contribution < -0.4 is 10.5 Å². The van der Waals surface area contributed by atoms with E-state index >= 15 is 0 Å². The van der Waals surface area contributed by atoms with Crippen LogP contribution in [0.3, 0.4) is 0 Å². The topological polar surface area (TPSA) is 90.6 Å². The zero-order valence-electron chi connectivity index (χ0n) is 16.0. The molecular formula is C20H26N4O3. The molecule has 2 heterocycles. The number of amides is 1. The van der Waals surface area contributed by atoms with Gasteiger partial charge in [-0.15, -0.1) is 0 Å². The molecule has 7 heteroatoms. The van der Waals surface area contributed by atoms with Gasteiger partial charge in [-0.2, -0.15) is 4.98 Å². The van der Waals surface area contributed by atoms with E-state index in [0.29, 0.717) is 23.7 Å². The Balaban J connectivity index is 1.79. The first kappa shape index (κ1) is 19.1. The van der Waals surface area contributed by atoms with Crippen molar-refractivity contribution >= 4 is 11.9 Å². The highest BCUT2D eigenvalue weighted by molar-refractivity contribution is 5.95. The summed E-state index contributed by atoms with van der Waals surface area (Å²) in [5, 5.41) is 0. The van der Waals surface area contributed by atoms with E-state index in [-0.39, 0.29) is 24.0 Å². The number of hydrogen-bond donors (Lipinski definition) is 1. The number of carbonyl (C=O) groups is 1. The number of ether oxygens (including phenoxy) is 2. The Morgan fingerprint density at radius 3 is 2.70 bits per heavy atom. The van der Waals surface area contributed by atoms with Crippen molar-refractivity contribution in [2.75, 3.05) is 26.0 Å². The number of nitrogen functional groups attached to an aromatic ring is 1. The van der Waals surface area contributed by atoms with Crippen molar-refractivity contribution in [1.29, 1.82) is 0 Å². The number of nitrogens with two attached hydrogens (primary N) is 1.